The molecular weight excluding hydrogens is 228 g/mol. The molecule has 0 saturated carbocycles. The van der Waals surface area contributed by atoms with Gasteiger partial charge in [-0.25, -0.2) is 4.98 Å². The fourth-order valence-electron chi connectivity index (χ4n) is 2.81. The molecule has 1 atom stereocenters. The third-order valence-electron chi connectivity index (χ3n) is 3.91. The van der Waals surface area contributed by atoms with Gasteiger partial charge in [0.05, 0.1) is 18.1 Å². The maximum Gasteiger partial charge on any atom is 0.0946 e. The Bertz CT molecular complexity index is 358. The molecule has 0 radical (unpaired) electrons. The smallest absolute Gasteiger partial charge is 0.0946 e. The van der Waals surface area contributed by atoms with Crippen molar-refractivity contribution in [2.24, 2.45) is 18.7 Å². The molecule has 1 fully saturated rings. The number of nitrogens with zero attached hydrogens (tertiary/aromatic N) is 3. The first-order chi connectivity index (χ1) is 8.76. The molecule has 0 amide bonds. The topological polar surface area (TPSA) is 56.3 Å². The van der Waals surface area contributed by atoms with E-state index in [1.165, 1.54) is 18.5 Å². The van der Waals surface area contributed by atoms with Gasteiger partial charge in [-0.15, -0.1) is 0 Å². The van der Waals surface area contributed by atoms with Crippen LogP contribution in [0.4, 0.5) is 0 Å². The van der Waals surface area contributed by atoms with E-state index in [0.29, 0.717) is 18.5 Å². The quantitative estimate of drug-likeness (QED) is 0.841. The number of aryl methyl sites for hydroxylation is 1. The lowest BCUT2D eigenvalue weighted by atomic mass is 9.96. The lowest BCUT2D eigenvalue weighted by molar-refractivity contribution is 0.0794. The van der Waals surface area contributed by atoms with E-state index in [-0.39, 0.29) is 0 Å². The zero-order valence-corrected chi connectivity index (χ0v) is 11.4. The second-order valence-electron chi connectivity index (χ2n) is 5.12. The first-order valence-electron chi connectivity index (χ1n) is 6.65. The summed E-state index contributed by atoms with van der Waals surface area (Å²) in [5, 5.41) is 0. The van der Waals surface area contributed by atoms with Crippen LogP contribution in [0.15, 0.2) is 12.5 Å². The molecule has 18 heavy (non-hydrogen) atoms. The van der Waals surface area contributed by atoms with Crippen LogP contribution in [-0.2, 0) is 11.8 Å². The zero-order chi connectivity index (χ0) is 13.0. The average Bonchev–Trinajstić information content (AvgIpc) is 2.79. The molecule has 1 unspecified atom stereocenters. The Morgan fingerprint density at radius 1 is 1.50 bits per heavy atom. The minimum atomic E-state index is 0.293. The molecule has 1 saturated heterocycles. The number of methoxy groups -OCH3 is 1. The van der Waals surface area contributed by atoms with E-state index in [2.05, 4.69) is 14.5 Å². The van der Waals surface area contributed by atoms with Crippen molar-refractivity contribution in [3.63, 3.8) is 0 Å². The number of nitrogens with two attached hydrogens (primary N) is 1. The fourth-order valence-corrected chi connectivity index (χ4v) is 2.81. The van der Waals surface area contributed by atoms with Gasteiger partial charge in [-0.3, -0.25) is 4.90 Å². The van der Waals surface area contributed by atoms with E-state index in [4.69, 9.17) is 10.5 Å². The van der Waals surface area contributed by atoms with Gasteiger partial charge in [0.1, 0.15) is 0 Å². The number of hydrogen-bond donors (Lipinski definition) is 1. The first-order valence-corrected chi connectivity index (χ1v) is 6.65. The lowest BCUT2D eigenvalue weighted by Gasteiger charge is -2.36. The molecule has 1 aliphatic heterocycles. The normalized spacial score (nSPS) is 20.2. The molecular formula is C13H24N4O. The van der Waals surface area contributed by atoms with Gasteiger partial charge in [-0.1, -0.05) is 0 Å². The van der Waals surface area contributed by atoms with Crippen molar-refractivity contribution >= 4 is 0 Å². The summed E-state index contributed by atoms with van der Waals surface area (Å²) in [4.78, 5) is 6.67. The summed E-state index contributed by atoms with van der Waals surface area (Å²) in [6.07, 6.45) is 6.17. The van der Waals surface area contributed by atoms with Crippen LogP contribution in [0.5, 0.6) is 0 Å². The van der Waals surface area contributed by atoms with Crippen molar-refractivity contribution in [3.8, 4) is 0 Å². The Morgan fingerprint density at radius 2 is 2.22 bits per heavy atom. The van der Waals surface area contributed by atoms with Crippen LogP contribution in [0.1, 0.15) is 24.6 Å². The Hall–Kier alpha value is -0.910. The average molecular weight is 252 g/mol. The minimum absolute atomic E-state index is 0.293. The summed E-state index contributed by atoms with van der Waals surface area (Å²) < 4.78 is 7.31. The first kappa shape index (κ1) is 13.5. The number of ether oxygens (including phenoxy) is 1. The van der Waals surface area contributed by atoms with Gasteiger partial charge < -0.3 is 15.0 Å². The molecule has 5 nitrogen and oxygen atoms in total. The fraction of sp³-hybridized carbons (Fsp3) is 0.769. The van der Waals surface area contributed by atoms with Gasteiger partial charge in [0.2, 0.25) is 0 Å². The standard InChI is InChI=1S/C13H24N4O/c1-16-10-15-8-13(16)12(7-14)17-5-3-11(4-6-17)9-18-2/h8,10-12H,3-7,9,14H2,1-2H3. The van der Waals surface area contributed by atoms with Crippen LogP contribution in [0, 0.1) is 5.92 Å². The van der Waals surface area contributed by atoms with Crippen LogP contribution in [0.3, 0.4) is 0 Å². The third kappa shape index (κ3) is 2.91. The van der Waals surface area contributed by atoms with Crippen molar-refractivity contribution < 1.29 is 4.74 Å². The Balaban J connectivity index is 1.97. The third-order valence-corrected chi connectivity index (χ3v) is 3.91. The summed E-state index contributed by atoms with van der Waals surface area (Å²) in [6, 6.07) is 0.293. The lowest BCUT2D eigenvalue weighted by Crippen LogP contribution is -2.41. The highest BCUT2D eigenvalue weighted by Crippen LogP contribution is 2.25. The van der Waals surface area contributed by atoms with Crippen LogP contribution < -0.4 is 5.73 Å². The number of piperidine rings is 1. The summed E-state index contributed by atoms with van der Waals surface area (Å²) in [5.41, 5.74) is 7.16. The number of hydrogen-bond acceptors (Lipinski definition) is 4. The van der Waals surface area contributed by atoms with Crippen molar-refractivity contribution in [3.05, 3.63) is 18.2 Å². The number of imidazole rings is 1. The van der Waals surface area contributed by atoms with Crippen molar-refractivity contribution in [2.45, 2.75) is 18.9 Å². The zero-order valence-electron chi connectivity index (χ0n) is 11.4. The second kappa shape index (κ2) is 6.31. The Kier molecular flexibility index (Phi) is 4.74. The maximum atomic E-state index is 5.95. The number of rotatable bonds is 5. The second-order valence-corrected chi connectivity index (χ2v) is 5.12. The van der Waals surface area contributed by atoms with Crippen LogP contribution in [0.25, 0.3) is 0 Å². The molecule has 1 aliphatic rings. The maximum absolute atomic E-state index is 5.95. The number of likely N-dealkylation sites (tertiary alicyclic amines) is 1. The van der Waals surface area contributed by atoms with Crippen molar-refractivity contribution in [2.75, 3.05) is 33.4 Å². The van der Waals surface area contributed by atoms with Crippen molar-refractivity contribution in [1.82, 2.24) is 14.5 Å². The molecule has 102 valence electrons. The van der Waals surface area contributed by atoms with Gasteiger partial charge in [-0.2, -0.15) is 0 Å². The molecule has 2 N–H and O–H groups in total. The summed E-state index contributed by atoms with van der Waals surface area (Å²) in [5.74, 6) is 0.705. The SMILES string of the molecule is COCC1CCN(C(CN)c2cncn2C)CC1. The van der Waals surface area contributed by atoms with E-state index < -0.39 is 0 Å². The predicted octanol–water partition coefficient (Wildman–Crippen LogP) is 0.778. The van der Waals surface area contributed by atoms with Crippen LogP contribution in [-0.4, -0.2) is 47.8 Å². The molecule has 0 aromatic carbocycles. The highest BCUT2D eigenvalue weighted by molar-refractivity contribution is 5.06. The number of aromatic nitrogens is 2. The molecule has 0 bridgehead atoms. The summed E-state index contributed by atoms with van der Waals surface area (Å²) in [6.45, 7) is 3.73. The summed E-state index contributed by atoms with van der Waals surface area (Å²) >= 11 is 0. The highest BCUT2D eigenvalue weighted by atomic mass is 16.5. The minimum Gasteiger partial charge on any atom is -0.384 e. The van der Waals surface area contributed by atoms with Gasteiger partial charge >= 0.3 is 0 Å². The molecule has 2 rings (SSSR count). The van der Waals surface area contributed by atoms with Crippen LogP contribution >= 0.6 is 0 Å². The van der Waals surface area contributed by atoms with E-state index in [0.717, 1.165) is 19.7 Å². The van der Waals surface area contributed by atoms with E-state index in [9.17, 15) is 0 Å². The van der Waals surface area contributed by atoms with Gasteiger partial charge in [0, 0.05) is 33.5 Å². The molecule has 1 aromatic rings. The highest BCUT2D eigenvalue weighted by Gasteiger charge is 2.26. The molecule has 1 aromatic heterocycles. The molecule has 2 heterocycles. The summed E-state index contributed by atoms with van der Waals surface area (Å²) in [7, 11) is 3.81. The van der Waals surface area contributed by atoms with E-state index in [1.807, 2.05) is 19.6 Å². The molecule has 5 heteroatoms. The van der Waals surface area contributed by atoms with Gasteiger partial charge in [0.15, 0.2) is 0 Å². The van der Waals surface area contributed by atoms with Crippen LogP contribution in [0.2, 0.25) is 0 Å². The molecule has 0 spiro atoms. The molecule has 0 aliphatic carbocycles. The largest absolute Gasteiger partial charge is 0.384 e. The Labute approximate surface area is 109 Å². The predicted molar refractivity (Wildman–Crippen MR) is 71.2 cm³/mol. The van der Waals surface area contributed by atoms with Gasteiger partial charge in [-0.05, 0) is 31.8 Å². The van der Waals surface area contributed by atoms with Gasteiger partial charge in [0.25, 0.3) is 0 Å². The Morgan fingerprint density at radius 3 is 2.72 bits per heavy atom. The van der Waals surface area contributed by atoms with E-state index >= 15 is 0 Å². The monoisotopic (exact) mass is 252 g/mol. The van der Waals surface area contributed by atoms with Crippen molar-refractivity contribution in [1.29, 1.82) is 0 Å². The van der Waals surface area contributed by atoms with E-state index in [1.54, 1.807) is 7.11 Å².